The molecule has 0 bridgehead atoms. The molecule has 10 nitrogen and oxygen atoms in total. The maximum Gasteiger partial charge on any atom is 0.321 e. The molecule has 38 heavy (non-hydrogen) atoms. The number of nitrogens with zero attached hydrogens (tertiary/aromatic N) is 5. The van der Waals surface area contributed by atoms with Crippen LogP contribution in [0.3, 0.4) is 0 Å². The molecule has 4 rings (SSSR count). The summed E-state index contributed by atoms with van der Waals surface area (Å²) in [5.41, 5.74) is 3.64. The molecule has 2 saturated heterocycles. The zero-order valence-corrected chi connectivity index (χ0v) is 22.9. The third-order valence-corrected chi connectivity index (χ3v) is 7.88. The fourth-order valence-corrected chi connectivity index (χ4v) is 5.60. The van der Waals surface area contributed by atoms with Crippen LogP contribution in [0.25, 0.3) is 0 Å². The van der Waals surface area contributed by atoms with Crippen molar-refractivity contribution in [3.63, 3.8) is 0 Å². The van der Waals surface area contributed by atoms with E-state index in [0.717, 1.165) is 44.7 Å². The molecule has 1 aromatic carbocycles. The van der Waals surface area contributed by atoms with Crippen molar-refractivity contribution in [3.8, 4) is 0 Å². The van der Waals surface area contributed by atoms with Gasteiger partial charge in [0.2, 0.25) is 0 Å². The topological polar surface area (TPSA) is 119 Å². The van der Waals surface area contributed by atoms with Crippen LogP contribution in [-0.4, -0.2) is 88.6 Å². The number of fused-ring (bicyclic) bond motifs is 1. The summed E-state index contributed by atoms with van der Waals surface area (Å²) in [4.78, 5) is 51.3. The molecule has 204 valence electrons. The van der Waals surface area contributed by atoms with Crippen LogP contribution in [0.5, 0.6) is 0 Å². The number of carboxylic acid groups (broad SMARTS) is 1. The minimum atomic E-state index is -0.961. The second kappa shape index (κ2) is 12.1. The minimum absolute atomic E-state index is 0.0165. The van der Waals surface area contributed by atoms with E-state index in [1.54, 1.807) is 11.0 Å². The monoisotopic (exact) mass is 542 g/mol. The second-order valence-corrected chi connectivity index (χ2v) is 10.6. The molecule has 11 heteroatoms. The Labute approximate surface area is 228 Å². The number of urea groups is 1. The largest absolute Gasteiger partial charge is 0.481 e. The van der Waals surface area contributed by atoms with Crippen LogP contribution in [0.1, 0.15) is 40.2 Å². The summed E-state index contributed by atoms with van der Waals surface area (Å²) < 4.78 is 0. The first-order chi connectivity index (χ1) is 18.1. The smallest absolute Gasteiger partial charge is 0.321 e. The first kappa shape index (κ1) is 27.8. The van der Waals surface area contributed by atoms with Crippen molar-refractivity contribution in [2.75, 3.05) is 50.7 Å². The van der Waals surface area contributed by atoms with Gasteiger partial charge in [0.05, 0.1) is 23.4 Å². The van der Waals surface area contributed by atoms with Gasteiger partial charge in [0.1, 0.15) is 6.33 Å². The van der Waals surface area contributed by atoms with Gasteiger partial charge in [0.25, 0.3) is 5.91 Å². The fraction of sp³-hybridized carbons (Fsp3) is 0.519. The number of hydrogen-bond acceptors (Lipinski definition) is 6. The van der Waals surface area contributed by atoms with E-state index in [1.807, 2.05) is 37.8 Å². The molecule has 1 aromatic heterocycles. The van der Waals surface area contributed by atoms with E-state index >= 15 is 0 Å². The number of aryl methyl sites for hydroxylation is 3. The molecular weight excluding hydrogens is 508 g/mol. The van der Waals surface area contributed by atoms with Crippen molar-refractivity contribution in [2.45, 2.75) is 33.6 Å². The van der Waals surface area contributed by atoms with E-state index < -0.39 is 5.97 Å². The van der Waals surface area contributed by atoms with Gasteiger partial charge in [-0.15, -0.1) is 0 Å². The number of aliphatic carboxylic acids is 1. The molecule has 2 N–H and O–H groups in total. The highest BCUT2D eigenvalue weighted by molar-refractivity contribution is 6.31. The van der Waals surface area contributed by atoms with Crippen LogP contribution >= 0.6 is 11.6 Å². The second-order valence-electron chi connectivity index (χ2n) is 10.2. The van der Waals surface area contributed by atoms with E-state index in [2.05, 4.69) is 20.2 Å². The number of halogens is 1. The molecule has 3 amide bonds. The summed E-state index contributed by atoms with van der Waals surface area (Å²) in [5, 5.41) is 12.2. The predicted molar refractivity (Wildman–Crippen MR) is 145 cm³/mol. The Morgan fingerprint density at radius 1 is 1.08 bits per heavy atom. The number of benzene rings is 1. The number of carboxylic acids is 1. The molecule has 3 heterocycles. The van der Waals surface area contributed by atoms with Crippen molar-refractivity contribution in [2.24, 2.45) is 11.8 Å². The van der Waals surface area contributed by atoms with E-state index in [-0.39, 0.29) is 24.9 Å². The molecule has 0 aliphatic carbocycles. The summed E-state index contributed by atoms with van der Waals surface area (Å²) in [5.74, 6) is -0.0913. The van der Waals surface area contributed by atoms with Gasteiger partial charge in [0.15, 0.2) is 0 Å². The van der Waals surface area contributed by atoms with Gasteiger partial charge < -0.3 is 20.2 Å². The van der Waals surface area contributed by atoms with Crippen LogP contribution in [0, 0.1) is 32.6 Å². The standard InChI is InChI=1S/C27H35ClN6O4/c1-17-5-6-22(11-23(17)28)34(27(38)29-8-7-24(35)36)10-4-9-32-12-20-14-33(15-21(20)13-32)26(37)25-18(2)30-16-31-19(25)3/h5-6,11,16,20-21H,4,7-10,12-15H2,1-3H3,(H,29,38)(H,35,36). The Hall–Kier alpha value is -3.24. The minimum Gasteiger partial charge on any atom is -0.481 e. The molecule has 2 aliphatic rings. The number of anilines is 1. The lowest BCUT2D eigenvalue weighted by Gasteiger charge is -2.26. The van der Waals surface area contributed by atoms with E-state index in [4.69, 9.17) is 16.7 Å². The number of amides is 3. The summed E-state index contributed by atoms with van der Waals surface area (Å²) in [7, 11) is 0. The van der Waals surface area contributed by atoms with Crippen molar-refractivity contribution in [3.05, 3.63) is 52.1 Å². The lowest BCUT2D eigenvalue weighted by Crippen LogP contribution is -2.42. The van der Waals surface area contributed by atoms with Gasteiger partial charge >= 0.3 is 12.0 Å². The highest BCUT2D eigenvalue weighted by Crippen LogP contribution is 2.32. The van der Waals surface area contributed by atoms with Gasteiger partial charge in [-0.1, -0.05) is 17.7 Å². The third kappa shape index (κ3) is 6.42. The van der Waals surface area contributed by atoms with Crippen molar-refractivity contribution in [1.82, 2.24) is 25.1 Å². The predicted octanol–water partition coefficient (Wildman–Crippen LogP) is 3.14. The molecule has 2 fully saturated rings. The van der Waals surface area contributed by atoms with Gasteiger partial charge in [-0.05, 0) is 63.3 Å². The van der Waals surface area contributed by atoms with Crippen LogP contribution in [0.2, 0.25) is 5.02 Å². The first-order valence-corrected chi connectivity index (χ1v) is 13.3. The summed E-state index contributed by atoms with van der Waals surface area (Å²) in [6.45, 7) is 10.2. The number of rotatable bonds is 9. The van der Waals surface area contributed by atoms with Gasteiger partial charge in [-0.2, -0.15) is 0 Å². The average Bonchev–Trinajstić information content (AvgIpc) is 3.42. The Morgan fingerprint density at radius 3 is 2.34 bits per heavy atom. The quantitative estimate of drug-likeness (QED) is 0.499. The molecule has 0 spiro atoms. The lowest BCUT2D eigenvalue weighted by atomic mass is 10.0. The van der Waals surface area contributed by atoms with Crippen LogP contribution in [0.4, 0.5) is 10.5 Å². The van der Waals surface area contributed by atoms with Crippen molar-refractivity contribution in [1.29, 1.82) is 0 Å². The normalized spacial score (nSPS) is 18.9. The van der Waals surface area contributed by atoms with Gasteiger partial charge in [-0.3, -0.25) is 14.5 Å². The van der Waals surface area contributed by atoms with E-state index in [0.29, 0.717) is 46.0 Å². The highest BCUT2D eigenvalue weighted by Gasteiger charge is 2.42. The van der Waals surface area contributed by atoms with Crippen LogP contribution < -0.4 is 10.2 Å². The van der Waals surface area contributed by atoms with Crippen LogP contribution in [0.15, 0.2) is 24.5 Å². The molecular formula is C27H35ClN6O4. The Kier molecular flexibility index (Phi) is 8.83. The molecule has 0 radical (unpaired) electrons. The maximum atomic E-state index is 13.2. The Morgan fingerprint density at radius 2 is 1.74 bits per heavy atom. The molecule has 0 saturated carbocycles. The Balaban J connectivity index is 1.31. The van der Waals surface area contributed by atoms with Gasteiger partial charge in [0, 0.05) is 50.0 Å². The maximum absolute atomic E-state index is 13.2. The van der Waals surface area contributed by atoms with Crippen molar-refractivity contribution < 1.29 is 19.5 Å². The molecule has 2 aliphatic heterocycles. The summed E-state index contributed by atoms with van der Waals surface area (Å²) in [6.07, 6.45) is 2.10. The lowest BCUT2D eigenvalue weighted by molar-refractivity contribution is -0.136. The Bertz CT molecular complexity index is 1170. The number of aromatic nitrogens is 2. The number of carbonyl (C=O) groups excluding carboxylic acids is 2. The van der Waals surface area contributed by atoms with Gasteiger partial charge in [-0.25, -0.2) is 14.8 Å². The van der Waals surface area contributed by atoms with Crippen LogP contribution in [-0.2, 0) is 4.79 Å². The summed E-state index contributed by atoms with van der Waals surface area (Å²) in [6, 6.07) is 5.15. The zero-order chi connectivity index (χ0) is 27.4. The fourth-order valence-electron chi connectivity index (χ4n) is 5.42. The number of nitrogens with one attached hydrogen (secondary N) is 1. The third-order valence-electron chi connectivity index (χ3n) is 7.47. The van der Waals surface area contributed by atoms with E-state index in [9.17, 15) is 14.4 Å². The zero-order valence-electron chi connectivity index (χ0n) is 22.1. The number of carbonyl (C=O) groups is 3. The summed E-state index contributed by atoms with van der Waals surface area (Å²) >= 11 is 6.31. The number of hydrogen-bond donors (Lipinski definition) is 2. The molecule has 2 aromatic rings. The number of likely N-dealkylation sites (tertiary alicyclic amines) is 2. The molecule has 2 unspecified atom stereocenters. The SMILES string of the molecule is Cc1ccc(N(CCCN2CC3CN(C(=O)c4c(C)ncnc4C)CC3C2)C(=O)NCCC(=O)O)cc1Cl. The van der Waals surface area contributed by atoms with Crippen molar-refractivity contribution >= 4 is 35.2 Å². The highest BCUT2D eigenvalue weighted by atomic mass is 35.5. The van der Waals surface area contributed by atoms with E-state index in [1.165, 1.54) is 6.33 Å². The average molecular weight is 543 g/mol. The first-order valence-electron chi connectivity index (χ1n) is 13.0. The molecule has 2 atom stereocenters.